The third kappa shape index (κ3) is 2.25. The van der Waals surface area contributed by atoms with Crippen molar-refractivity contribution in [3.63, 3.8) is 0 Å². The summed E-state index contributed by atoms with van der Waals surface area (Å²) >= 11 is 0. The third-order valence-corrected chi connectivity index (χ3v) is 3.45. The predicted octanol–water partition coefficient (Wildman–Crippen LogP) is 1.39. The fraction of sp³-hybridized carbons (Fsp3) is 0.538. The van der Waals surface area contributed by atoms with Gasteiger partial charge in [0.2, 0.25) is 0 Å². The van der Waals surface area contributed by atoms with E-state index < -0.39 is 0 Å². The van der Waals surface area contributed by atoms with E-state index in [0.29, 0.717) is 12.0 Å². The first-order chi connectivity index (χ1) is 8.25. The van der Waals surface area contributed by atoms with Crippen LogP contribution >= 0.6 is 0 Å². The summed E-state index contributed by atoms with van der Waals surface area (Å²) in [4.78, 5) is 28.7. The molecule has 1 amide bonds. The molecule has 2 aliphatic rings. The lowest BCUT2D eigenvalue weighted by molar-refractivity contribution is 0.0733. The first kappa shape index (κ1) is 10.6. The SMILES string of the molecule is O=C(c1c[nH]ccc1=O)N(CC1CC1)C1CC1. The van der Waals surface area contributed by atoms with Gasteiger partial charge >= 0.3 is 0 Å². The Morgan fingerprint density at radius 1 is 1.35 bits per heavy atom. The molecule has 17 heavy (non-hydrogen) atoms. The molecule has 0 aromatic carbocycles. The molecule has 0 saturated heterocycles. The van der Waals surface area contributed by atoms with Crippen LogP contribution in [0.3, 0.4) is 0 Å². The highest BCUT2D eigenvalue weighted by Crippen LogP contribution is 2.35. The zero-order valence-electron chi connectivity index (χ0n) is 9.69. The van der Waals surface area contributed by atoms with E-state index in [0.717, 1.165) is 19.4 Å². The van der Waals surface area contributed by atoms with Crippen LogP contribution in [-0.2, 0) is 0 Å². The van der Waals surface area contributed by atoms with Crippen LogP contribution in [0.5, 0.6) is 0 Å². The molecule has 2 saturated carbocycles. The number of hydrogen-bond acceptors (Lipinski definition) is 2. The fourth-order valence-corrected chi connectivity index (χ4v) is 2.10. The molecule has 1 aromatic heterocycles. The number of pyridine rings is 1. The second kappa shape index (κ2) is 4.02. The average molecular weight is 232 g/mol. The van der Waals surface area contributed by atoms with Gasteiger partial charge in [0.15, 0.2) is 5.43 Å². The number of rotatable bonds is 4. The lowest BCUT2D eigenvalue weighted by atomic mass is 10.2. The van der Waals surface area contributed by atoms with E-state index in [4.69, 9.17) is 0 Å². The Morgan fingerprint density at radius 3 is 2.71 bits per heavy atom. The zero-order valence-corrected chi connectivity index (χ0v) is 9.69. The second-order valence-corrected chi connectivity index (χ2v) is 5.05. The second-order valence-electron chi connectivity index (χ2n) is 5.05. The number of nitrogens with one attached hydrogen (secondary N) is 1. The van der Waals surface area contributed by atoms with Crippen LogP contribution in [-0.4, -0.2) is 28.4 Å². The molecule has 4 heteroatoms. The summed E-state index contributed by atoms with van der Waals surface area (Å²) in [6.45, 7) is 0.831. The molecule has 0 unspecified atom stereocenters. The average Bonchev–Trinajstić information content (AvgIpc) is 3.17. The molecule has 1 heterocycles. The topological polar surface area (TPSA) is 53.2 Å². The molecular formula is C13H16N2O2. The predicted molar refractivity (Wildman–Crippen MR) is 63.8 cm³/mol. The molecule has 1 N–H and O–H groups in total. The minimum absolute atomic E-state index is 0.0961. The molecule has 0 atom stereocenters. The summed E-state index contributed by atoms with van der Waals surface area (Å²) in [6.07, 6.45) is 7.70. The summed E-state index contributed by atoms with van der Waals surface area (Å²) in [5.41, 5.74) is 0.0928. The molecule has 0 spiro atoms. The Labute approximate surface area is 99.6 Å². The Balaban J connectivity index is 1.82. The third-order valence-electron chi connectivity index (χ3n) is 3.45. The van der Waals surface area contributed by atoms with E-state index in [1.165, 1.54) is 25.1 Å². The molecule has 0 aliphatic heterocycles. The van der Waals surface area contributed by atoms with Gasteiger partial charge < -0.3 is 9.88 Å². The van der Waals surface area contributed by atoms with Crippen LogP contribution in [0.25, 0.3) is 0 Å². The number of carbonyl (C=O) groups is 1. The number of amides is 1. The van der Waals surface area contributed by atoms with Crippen LogP contribution in [0.15, 0.2) is 23.3 Å². The lowest BCUT2D eigenvalue weighted by Gasteiger charge is -2.21. The summed E-state index contributed by atoms with van der Waals surface area (Å²) in [7, 11) is 0. The van der Waals surface area contributed by atoms with Crippen LogP contribution in [0.2, 0.25) is 0 Å². The highest BCUT2D eigenvalue weighted by Gasteiger charge is 2.37. The standard InChI is InChI=1S/C13H16N2O2/c16-12-5-6-14-7-11(12)13(17)15(10-3-4-10)8-9-1-2-9/h5-7,9-10H,1-4,8H2,(H,14,16). The van der Waals surface area contributed by atoms with Crippen molar-refractivity contribution in [2.45, 2.75) is 31.7 Å². The van der Waals surface area contributed by atoms with Gasteiger partial charge in [0.05, 0.1) is 0 Å². The van der Waals surface area contributed by atoms with E-state index in [2.05, 4.69) is 4.98 Å². The van der Waals surface area contributed by atoms with Crippen molar-refractivity contribution in [3.8, 4) is 0 Å². The highest BCUT2D eigenvalue weighted by molar-refractivity contribution is 5.94. The normalized spacial score (nSPS) is 19.1. The van der Waals surface area contributed by atoms with E-state index in [-0.39, 0.29) is 16.9 Å². The van der Waals surface area contributed by atoms with Crippen molar-refractivity contribution >= 4 is 5.91 Å². The highest BCUT2D eigenvalue weighted by atomic mass is 16.2. The first-order valence-corrected chi connectivity index (χ1v) is 6.24. The quantitative estimate of drug-likeness (QED) is 0.852. The molecule has 1 aromatic rings. The van der Waals surface area contributed by atoms with Gasteiger partial charge in [-0.2, -0.15) is 0 Å². The maximum atomic E-state index is 12.3. The van der Waals surface area contributed by atoms with Gasteiger partial charge in [0, 0.05) is 31.0 Å². The van der Waals surface area contributed by atoms with Gasteiger partial charge in [-0.25, -0.2) is 0 Å². The van der Waals surface area contributed by atoms with Gasteiger partial charge in [0.1, 0.15) is 5.56 Å². The number of hydrogen-bond donors (Lipinski definition) is 1. The molecule has 2 fully saturated rings. The number of nitrogens with zero attached hydrogens (tertiary/aromatic N) is 1. The Morgan fingerprint density at radius 2 is 2.12 bits per heavy atom. The Kier molecular flexibility index (Phi) is 2.50. The van der Waals surface area contributed by atoms with Gasteiger partial charge in [0.25, 0.3) is 5.91 Å². The molecule has 2 aliphatic carbocycles. The molecule has 90 valence electrons. The smallest absolute Gasteiger partial charge is 0.259 e. The van der Waals surface area contributed by atoms with Crippen molar-refractivity contribution in [2.24, 2.45) is 5.92 Å². The van der Waals surface area contributed by atoms with Crippen molar-refractivity contribution in [2.75, 3.05) is 6.54 Å². The van der Waals surface area contributed by atoms with Crippen LogP contribution in [0.1, 0.15) is 36.0 Å². The number of H-pyrrole nitrogens is 1. The first-order valence-electron chi connectivity index (χ1n) is 6.24. The van der Waals surface area contributed by atoms with E-state index >= 15 is 0 Å². The molecule has 0 radical (unpaired) electrons. The maximum Gasteiger partial charge on any atom is 0.259 e. The van der Waals surface area contributed by atoms with Crippen molar-refractivity contribution in [3.05, 3.63) is 34.2 Å². The van der Waals surface area contributed by atoms with Gasteiger partial charge in [-0.1, -0.05) is 0 Å². The summed E-state index contributed by atoms with van der Waals surface area (Å²) in [5, 5.41) is 0. The Bertz CT molecular complexity index is 486. The molecule has 0 bridgehead atoms. The summed E-state index contributed by atoms with van der Waals surface area (Å²) in [6, 6.07) is 1.79. The fourth-order valence-electron chi connectivity index (χ4n) is 2.10. The number of carbonyl (C=O) groups excluding carboxylic acids is 1. The molecular weight excluding hydrogens is 216 g/mol. The van der Waals surface area contributed by atoms with Gasteiger partial charge in [-0.05, 0) is 31.6 Å². The number of aromatic nitrogens is 1. The lowest BCUT2D eigenvalue weighted by Crippen LogP contribution is -2.37. The summed E-state index contributed by atoms with van der Waals surface area (Å²) < 4.78 is 0. The van der Waals surface area contributed by atoms with E-state index in [1.807, 2.05) is 4.90 Å². The molecule has 3 rings (SSSR count). The van der Waals surface area contributed by atoms with Gasteiger partial charge in [-0.15, -0.1) is 0 Å². The zero-order chi connectivity index (χ0) is 11.8. The molecule has 4 nitrogen and oxygen atoms in total. The van der Waals surface area contributed by atoms with Crippen LogP contribution in [0.4, 0.5) is 0 Å². The van der Waals surface area contributed by atoms with E-state index in [1.54, 1.807) is 6.20 Å². The minimum Gasteiger partial charge on any atom is -0.367 e. The number of aromatic amines is 1. The van der Waals surface area contributed by atoms with Crippen LogP contribution in [0, 0.1) is 5.92 Å². The van der Waals surface area contributed by atoms with E-state index in [9.17, 15) is 9.59 Å². The minimum atomic E-state index is -0.185. The largest absolute Gasteiger partial charge is 0.367 e. The van der Waals surface area contributed by atoms with Crippen molar-refractivity contribution in [1.29, 1.82) is 0 Å². The maximum absolute atomic E-state index is 12.3. The van der Waals surface area contributed by atoms with Gasteiger partial charge in [-0.3, -0.25) is 9.59 Å². The summed E-state index contributed by atoms with van der Waals surface area (Å²) in [5.74, 6) is 0.573. The Hall–Kier alpha value is -1.58. The van der Waals surface area contributed by atoms with Crippen molar-refractivity contribution < 1.29 is 4.79 Å². The monoisotopic (exact) mass is 232 g/mol. The van der Waals surface area contributed by atoms with Crippen molar-refractivity contribution in [1.82, 2.24) is 9.88 Å². The van der Waals surface area contributed by atoms with Crippen LogP contribution < -0.4 is 5.43 Å².